The molecule has 1 N–H and O–H groups in total. The maximum Gasteiger partial charge on any atom is 0.253 e. The van der Waals surface area contributed by atoms with Gasteiger partial charge in [0.1, 0.15) is 5.15 Å². The van der Waals surface area contributed by atoms with E-state index in [1.165, 1.54) is 12.3 Å². The second-order valence-corrected chi connectivity index (χ2v) is 5.85. The van der Waals surface area contributed by atoms with Gasteiger partial charge >= 0.3 is 0 Å². The van der Waals surface area contributed by atoms with Crippen molar-refractivity contribution >= 4 is 45.0 Å². The van der Waals surface area contributed by atoms with Crippen LogP contribution in [0.1, 0.15) is 28.9 Å². The van der Waals surface area contributed by atoms with Gasteiger partial charge in [-0.1, -0.05) is 57.3 Å². The van der Waals surface area contributed by atoms with Crippen LogP contribution in [0.5, 0.6) is 0 Å². The monoisotopic (exact) mass is 372 g/mol. The van der Waals surface area contributed by atoms with Crippen LogP contribution in [0, 0.1) is 0 Å². The molecule has 104 valence electrons. The highest BCUT2D eigenvalue weighted by molar-refractivity contribution is 9.10. The second-order valence-electron chi connectivity index (χ2n) is 4.20. The predicted octanol–water partition coefficient (Wildman–Crippen LogP) is 4.64. The molecular formula is C14H11BrCl2N2O. The molecule has 3 nitrogen and oxygen atoms in total. The summed E-state index contributed by atoms with van der Waals surface area (Å²) in [4.78, 5) is 16.0. The molecule has 0 aliphatic rings. The van der Waals surface area contributed by atoms with Gasteiger partial charge in [-0.25, -0.2) is 4.98 Å². The van der Waals surface area contributed by atoms with E-state index in [2.05, 4.69) is 26.2 Å². The normalized spacial score (nSPS) is 12.0. The van der Waals surface area contributed by atoms with E-state index in [0.717, 1.165) is 10.0 Å². The smallest absolute Gasteiger partial charge is 0.253 e. The number of carbonyl (C=O) groups excluding carboxylic acids is 1. The number of nitrogens with one attached hydrogen (secondary N) is 1. The average Bonchev–Trinajstić information content (AvgIpc) is 2.41. The molecule has 1 unspecified atom stereocenters. The Morgan fingerprint density at radius 3 is 2.75 bits per heavy atom. The lowest BCUT2D eigenvalue weighted by Gasteiger charge is -2.16. The van der Waals surface area contributed by atoms with Crippen molar-refractivity contribution in [3.8, 4) is 0 Å². The first kappa shape index (κ1) is 15.3. The first-order chi connectivity index (χ1) is 9.49. The van der Waals surface area contributed by atoms with Gasteiger partial charge in [0.25, 0.3) is 5.91 Å². The minimum Gasteiger partial charge on any atom is -0.345 e. The number of hydrogen-bond acceptors (Lipinski definition) is 2. The summed E-state index contributed by atoms with van der Waals surface area (Å²) in [5.74, 6) is -0.289. The number of carbonyl (C=O) groups is 1. The Morgan fingerprint density at radius 2 is 2.05 bits per heavy atom. The zero-order valence-corrected chi connectivity index (χ0v) is 13.6. The molecular weight excluding hydrogens is 363 g/mol. The van der Waals surface area contributed by atoms with E-state index >= 15 is 0 Å². The topological polar surface area (TPSA) is 42.0 Å². The van der Waals surface area contributed by atoms with Crippen molar-refractivity contribution in [1.29, 1.82) is 0 Å². The molecule has 0 saturated heterocycles. The van der Waals surface area contributed by atoms with Crippen molar-refractivity contribution in [2.45, 2.75) is 13.0 Å². The third-order valence-corrected chi connectivity index (χ3v) is 4.02. The number of benzene rings is 1. The molecule has 0 bridgehead atoms. The van der Waals surface area contributed by atoms with Gasteiger partial charge < -0.3 is 5.32 Å². The van der Waals surface area contributed by atoms with Gasteiger partial charge in [-0.2, -0.15) is 0 Å². The van der Waals surface area contributed by atoms with E-state index in [4.69, 9.17) is 23.2 Å². The fraction of sp³-hybridized carbons (Fsp3) is 0.143. The van der Waals surface area contributed by atoms with Crippen LogP contribution in [0.3, 0.4) is 0 Å². The summed E-state index contributed by atoms with van der Waals surface area (Å²) >= 11 is 15.2. The molecule has 2 aromatic rings. The van der Waals surface area contributed by atoms with Crippen LogP contribution in [0.2, 0.25) is 10.2 Å². The molecule has 0 saturated carbocycles. The lowest BCUT2D eigenvalue weighted by Crippen LogP contribution is -2.27. The number of nitrogens with zero attached hydrogens (tertiary/aromatic N) is 1. The molecule has 1 amide bonds. The number of amides is 1. The van der Waals surface area contributed by atoms with Gasteiger partial charge in [-0.3, -0.25) is 4.79 Å². The minimum atomic E-state index is -0.289. The molecule has 1 atom stereocenters. The van der Waals surface area contributed by atoms with Crippen LogP contribution < -0.4 is 5.32 Å². The van der Waals surface area contributed by atoms with E-state index in [-0.39, 0.29) is 22.1 Å². The Labute approximate surface area is 135 Å². The average molecular weight is 374 g/mol. The van der Waals surface area contributed by atoms with Crippen molar-refractivity contribution in [2.24, 2.45) is 0 Å². The van der Waals surface area contributed by atoms with Crippen LogP contribution in [0.15, 0.2) is 41.0 Å². The standard InChI is InChI=1S/C14H11BrCl2N2O/c1-8(9-4-2-3-5-11(9)15)19-14(20)10-6-13(17)18-7-12(10)16/h2-8H,1H3,(H,19,20). The Morgan fingerprint density at radius 1 is 1.35 bits per heavy atom. The fourth-order valence-electron chi connectivity index (χ4n) is 1.77. The second kappa shape index (κ2) is 6.57. The number of pyridine rings is 1. The maximum atomic E-state index is 12.2. The predicted molar refractivity (Wildman–Crippen MR) is 84.3 cm³/mol. The van der Waals surface area contributed by atoms with Gasteiger partial charge in [0.2, 0.25) is 0 Å². The molecule has 2 rings (SSSR count). The summed E-state index contributed by atoms with van der Waals surface area (Å²) in [5.41, 5.74) is 1.29. The van der Waals surface area contributed by atoms with E-state index in [1.54, 1.807) is 0 Å². The lowest BCUT2D eigenvalue weighted by atomic mass is 10.1. The summed E-state index contributed by atoms with van der Waals surface area (Å²) in [7, 11) is 0. The van der Waals surface area contributed by atoms with Crippen molar-refractivity contribution in [3.63, 3.8) is 0 Å². The number of hydrogen-bond donors (Lipinski definition) is 1. The Hall–Kier alpha value is -1.10. The molecule has 1 heterocycles. The Balaban J connectivity index is 2.20. The first-order valence-electron chi connectivity index (χ1n) is 5.85. The summed E-state index contributed by atoms with van der Waals surface area (Å²) in [6.07, 6.45) is 1.36. The lowest BCUT2D eigenvalue weighted by molar-refractivity contribution is 0.0940. The number of rotatable bonds is 3. The molecule has 20 heavy (non-hydrogen) atoms. The molecule has 1 aromatic carbocycles. The number of aromatic nitrogens is 1. The largest absolute Gasteiger partial charge is 0.345 e. The Kier molecular flexibility index (Phi) is 5.02. The molecule has 0 aliphatic carbocycles. The Bertz CT molecular complexity index is 649. The van der Waals surface area contributed by atoms with E-state index in [9.17, 15) is 4.79 Å². The summed E-state index contributed by atoms with van der Waals surface area (Å²) in [6, 6.07) is 8.98. The van der Waals surface area contributed by atoms with Crippen LogP contribution in [0.25, 0.3) is 0 Å². The van der Waals surface area contributed by atoms with Crippen molar-refractivity contribution in [2.75, 3.05) is 0 Å². The summed E-state index contributed by atoms with van der Waals surface area (Å²) < 4.78 is 0.937. The molecule has 0 radical (unpaired) electrons. The van der Waals surface area contributed by atoms with E-state index < -0.39 is 0 Å². The van der Waals surface area contributed by atoms with Gasteiger partial charge in [-0.15, -0.1) is 0 Å². The van der Waals surface area contributed by atoms with Crippen LogP contribution in [0.4, 0.5) is 0 Å². The zero-order chi connectivity index (χ0) is 14.7. The maximum absolute atomic E-state index is 12.2. The number of halogens is 3. The fourth-order valence-corrected chi connectivity index (χ4v) is 2.74. The third kappa shape index (κ3) is 3.51. The molecule has 0 aliphatic heterocycles. The highest BCUT2D eigenvalue weighted by Crippen LogP contribution is 2.24. The highest BCUT2D eigenvalue weighted by atomic mass is 79.9. The molecule has 6 heteroatoms. The molecule has 0 fully saturated rings. The van der Waals surface area contributed by atoms with Gasteiger partial charge in [-0.05, 0) is 24.6 Å². The van der Waals surface area contributed by atoms with Crippen LogP contribution >= 0.6 is 39.1 Å². The van der Waals surface area contributed by atoms with Gasteiger partial charge in [0.15, 0.2) is 0 Å². The molecule has 1 aromatic heterocycles. The highest BCUT2D eigenvalue weighted by Gasteiger charge is 2.16. The van der Waals surface area contributed by atoms with Gasteiger partial charge in [0, 0.05) is 10.7 Å². The van der Waals surface area contributed by atoms with Crippen LogP contribution in [-0.4, -0.2) is 10.9 Å². The van der Waals surface area contributed by atoms with Crippen LogP contribution in [-0.2, 0) is 0 Å². The quantitative estimate of drug-likeness (QED) is 0.796. The molecule has 0 spiro atoms. The van der Waals surface area contributed by atoms with Gasteiger partial charge in [0.05, 0.1) is 16.6 Å². The first-order valence-corrected chi connectivity index (χ1v) is 7.40. The summed E-state index contributed by atoms with van der Waals surface area (Å²) in [5, 5.41) is 3.38. The van der Waals surface area contributed by atoms with Crippen molar-refractivity contribution in [1.82, 2.24) is 10.3 Å². The van der Waals surface area contributed by atoms with E-state index in [1.807, 2.05) is 31.2 Å². The summed E-state index contributed by atoms with van der Waals surface area (Å²) in [6.45, 7) is 1.90. The SMILES string of the molecule is CC(NC(=O)c1cc(Cl)ncc1Cl)c1ccccc1Br. The zero-order valence-electron chi connectivity index (χ0n) is 10.5. The van der Waals surface area contributed by atoms with Crippen molar-refractivity contribution < 1.29 is 4.79 Å². The van der Waals surface area contributed by atoms with Crippen molar-refractivity contribution in [3.05, 3.63) is 62.3 Å². The minimum absolute atomic E-state index is 0.166. The third-order valence-electron chi connectivity index (χ3n) is 2.79. The van der Waals surface area contributed by atoms with E-state index in [0.29, 0.717) is 5.56 Å².